The van der Waals surface area contributed by atoms with Crippen molar-refractivity contribution >= 4 is 28.6 Å². The zero-order valence-electron chi connectivity index (χ0n) is 14.4. The van der Waals surface area contributed by atoms with Crippen molar-refractivity contribution in [2.45, 2.75) is 13.5 Å². The Bertz CT molecular complexity index is 966. The third-order valence-electron chi connectivity index (χ3n) is 3.81. The van der Waals surface area contributed by atoms with Crippen molar-refractivity contribution in [3.05, 3.63) is 42.1 Å². The van der Waals surface area contributed by atoms with Crippen LogP contribution in [0.1, 0.15) is 17.3 Å². The summed E-state index contributed by atoms with van der Waals surface area (Å²) >= 11 is 0. The summed E-state index contributed by atoms with van der Waals surface area (Å²) in [5.74, 6) is -0.849. The average Bonchev–Trinajstić information content (AvgIpc) is 2.97. The fourth-order valence-corrected chi connectivity index (χ4v) is 2.80. The van der Waals surface area contributed by atoms with Crippen LogP contribution in [0.25, 0.3) is 22.6 Å². The minimum atomic E-state index is -1.10. The molecule has 3 aromatic rings. The molecule has 0 bridgehead atoms. The molecular weight excluding hydrogens is 336 g/mol. The van der Waals surface area contributed by atoms with E-state index in [2.05, 4.69) is 15.3 Å². The summed E-state index contributed by atoms with van der Waals surface area (Å²) in [4.78, 5) is 32.1. The second-order valence-electron chi connectivity index (χ2n) is 5.67. The molecule has 0 radical (unpaired) electrons. The number of methoxy groups -OCH3 is 1. The number of anilines is 1. The van der Waals surface area contributed by atoms with Gasteiger partial charge < -0.3 is 19.7 Å². The number of nitrogens with one attached hydrogen (secondary N) is 1. The number of carbonyl (C=O) groups is 2. The van der Waals surface area contributed by atoms with Crippen LogP contribution < -0.4 is 5.32 Å². The van der Waals surface area contributed by atoms with Gasteiger partial charge in [-0.25, -0.2) is 9.78 Å². The van der Waals surface area contributed by atoms with Gasteiger partial charge in [-0.2, -0.15) is 0 Å². The fraction of sp³-hybridized carbons (Fsp3) is 0.222. The lowest BCUT2D eigenvalue weighted by Gasteiger charge is -2.10. The summed E-state index contributed by atoms with van der Waals surface area (Å²) in [7, 11) is 1.58. The highest BCUT2D eigenvalue weighted by Gasteiger charge is 2.21. The molecule has 2 N–H and O–H groups in total. The normalized spacial score (nSPS) is 10.8. The first kappa shape index (κ1) is 17.6. The molecule has 1 amide bonds. The number of benzene rings is 1. The first-order valence-corrected chi connectivity index (χ1v) is 7.96. The van der Waals surface area contributed by atoms with Gasteiger partial charge in [-0.3, -0.25) is 9.78 Å². The lowest BCUT2D eigenvalue weighted by molar-refractivity contribution is -0.114. The summed E-state index contributed by atoms with van der Waals surface area (Å²) in [5.41, 5.74) is 1.98. The number of pyridine rings is 1. The summed E-state index contributed by atoms with van der Waals surface area (Å²) in [6.45, 7) is 2.16. The molecule has 134 valence electrons. The van der Waals surface area contributed by atoms with Crippen LogP contribution >= 0.6 is 0 Å². The minimum Gasteiger partial charge on any atom is -0.478 e. The summed E-state index contributed by atoms with van der Waals surface area (Å²) in [6, 6.07) is 8.52. The first-order valence-electron chi connectivity index (χ1n) is 7.96. The lowest BCUT2D eigenvalue weighted by atomic mass is 10.1. The second-order valence-corrected chi connectivity index (χ2v) is 5.67. The topological polar surface area (TPSA) is 106 Å². The Labute approximate surface area is 149 Å². The third-order valence-corrected chi connectivity index (χ3v) is 3.81. The van der Waals surface area contributed by atoms with Crippen LogP contribution in [0.2, 0.25) is 0 Å². The van der Waals surface area contributed by atoms with E-state index in [1.54, 1.807) is 36.1 Å². The number of rotatable bonds is 6. The molecule has 0 fully saturated rings. The fourth-order valence-electron chi connectivity index (χ4n) is 2.80. The van der Waals surface area contributed by atoms with Crippen molar-refractivity contribution in [2.75, 3.05) is 19.0 Å². The van der Waals surface area contributed by atoms with Crippen molar-refractivity contribution in [3.63, 3.8) is 0 Å². The van der Waals surface area contributed by atoms with E-state index in [0.717, 1.165) is 0 Å². The molecule has 2 heterocycles. The third kappa shape index (κ3) is 3.40. The molecule has 0 aliphatic rings. The number of imidazole rings is 1. The zero-order chi connectivity index (χ0) is 18.7. The summed E-state index contributed by atoms with van der Waals surface area (Å²) < 4.78 is 6.94. The van der Waals surface area contributed by atoms with E-state index >= 15 is 0 Å². The highest BCUT2D eigenvalue weighted by atomic mass is 16.5. The van der Waals surface area contributed by atoms with E-state index in [-0.39, 0.29) is 11.5 Å². The number of fused-ring (bicyclic) bond motifs is 1. The van der Waals surface area contributed by atoms with Crippen molar-refractivity contribution in [3.8, 4) is 11.5 Å². The number of aromatic nitrogens is 3. The molecule has 0 saturated heterocycles. The second kappa shape index (κ2) is 7.32. The maximum atomic E-state index is 11.8. The van der Waals surface area contributed by atoms with Gasteiger partial charge in [0, 0.05) is 32.5 Å². The predicted molar refractivity (Wildman–Crippen MR) is 96.1 cm³/mol. The molecule has 1 aromatic carbocycles. The van der Waals surface area contributed by atoms with E-state index in [9.17, 15) is 14.7 Å². The number of amides is 1. The van der Waals surface area contributed by atoms with Gasteiger partial charge in [0.2, 0.25) is 5.91 Å². The average molecular weight is 354 g/mol. The van der Waals surface area contributed by atoms with Crippen molar-refractivity contribution in [1.82, 2.24) is 14.5 Å². The van der Waals surface area contributed by atoms with E-state index < -0.39 is 5.97 Å². The van der Waals surface area contributed by atoms with Gasteiger partial charge >= 0.3 is 5.97 Å². The molecule has 0 spiro atoms. The Kier molecular flexibility index (Phi) is 4.94. The largest absolute Gasteiger partial charge is 0.478 e. The van der Waals surface area contributed by atoms with Crippen LogP contribution in [0.5, 0.6) is 0 Å². The number of carboxylic acids is 1. The van der Waals surface area contributed by atoms with E-state index in [4.69, 9.17) is 4.74 Å². The highest BCUT2D eigenvalue weighted by Crippen LogP contribution is 2.29. The van der Waals surface area contributed by atoms with Gasteiger partial charge in [0.1, 0.15) is 5.69 Å². The Morgan fingerprint density at radius 1 is 1.31 bits per heavy atom. The SMILES string of the molecule is COCCn1c(-c2ccccn2)nc2cc(NC(C)=O)cc(C(=O)O)c21. The molecule has 3 rings (SSSR count). The molecule has 0 aliphatic heterocycles. The smallest absolute Gasteiger partial charge is 0.337 e. The Hall–Kier alpha value is -3.26. The standard InChI is InChI=1S/C18H18N4O4/c1-11(23)20-12-9-13(18(24)25)16-15(10-12)21-17(22(16)7-8-26-2)14-5-3-4-6-19-14/h3-6,9-10H,7-8H2,1-2H3,(H,20,23)(H,24,25). The van der Waals surface area contributed by atoms with Gasteiger partial charge in [-0.1, -0.05) is 6.07 Å². The van der Waals surface area contributed by atoms with Gasteiger partial charge in [0.25, 0.3) is 0 Å². The van der Waals surface area contributed by atoms with Gasteiger partial charge in [-0.05, 0) is 24.3 Å². The molecule has 26 heavy (non-hydrogen) atoms. The van der Waals surface area contributed by atoms with E-state index in [1.807, 2.05) is 6.07 Å². The molecule has 0 unspecified atom stereocenters. The van der Waals surface area contributed by atoms with Crippen molar-refractivity contribution in [2.24, 2.45) is 0 Å². The molecule has 0 aliphatic carbocycles. The maximum Gasteiger partial charge on any atom is 0.337 e. The first-order chi connectivity index (χ1) is 12.5. The summed E-state index contributed by atoms with van der Waals surface area (Å²) in [5, 5.41) is 12.3. The van der Waals surface area contributed by atoms with Gasteiger partial charge in [-0.15, -0.1) is 0 Å². The van der Waals surface area contributed by atoms with Gasteiger partial charge in [0.05, 0.1) is 23.2 Å². The predicted octanol–water partition coefficient (Wildman–Crippen LogP) is 2.40. The summed E-state index contributed by atoms with van der Waals surface area (Å²) in [6.07, 6.45) is 1.65. The maximum absolute atomic E-state index is 11.8. The molecule has 0 atom stereocenters. The van der Waals surface area contributed by atoms with Crippen molar-refractivity contribution < 1.29 is 19.4 Å². The van der Waals surface area contributed by atoms with Crippen LogP contribution in [0.3, 0.4) is 0 Å². The quantitative estimate of drug-likeness (QED) is 0.704. The molecule has 8 heteroatoms. The lowest BCUT2D eigenvalue weighted by Crippen LogP contribution is -2.11. The number of carbonyl (C=O) groups excluding carboxylic acids is 1. The highest BCUT2D eigenvalue weighted by molar-refractivity contribution is 6.05. The van der Waals surface area contributed by atoms with Crippen molar-refractivity contribution in [1.29, 1.82) is 0 Å². The van der Waals surface area contributed by atoms with E-state index in [0.29, 0.717) is 41.4 Å². The monoisotopic (exact) mass is 354 g/mol. The van der Waals surface area contributed by atoms with Crippen LogP contribution in [0, 0.1) is 0 Å². The number of aromatic carboxylic acids is 1. The van der Waals surface area contributed by atoms with Crippen LogP contribution in [-0.4, -0.2) is 45.2 Å². The molecule has 2 aromatic heterocycles. The van der Waals surface area contributed by atoms with Gasteiger partial charge in [0.15, 0.2) is 5.82 Å². The number of hydrogen-bond donors (Lipinski definition) is 2. The molecule has 0 saturated carbocycles. The number of ether oxygens (including phenoxy) is 1. The number of hydrogen-bond acceptors (Lipinski definition) is 5. The Morgan fingerprint density at radius 2 is 2.12 bits per heavy atom. The van der Waals surface area contributed by atoms with E-state index in [1.165, 1.54) is 13.0 Å². The molecule has 8 nitrogen and oxygen atoms in total. The Morgan fingerprint density at radius 3 is 2.73 bits per heavy atom. The Balaban J connectivity index is 2.29. The zero-order valence-corrected chi connectivity index (χ0v) is 14.4. The number of nitrogens with zero attached hydrogens (tertiary/aromatic N) is 3. The van der Waals surface area contributed by atoms with Crippen LogP contribution in [0.15, 0.2) is 36.5 Å². The van der Waals surface area contributed by atoms with Crippen LogP contribution in [-0.2, 0) is 16.1 Å². The number of carboxylic acid groups (broad SMARTS) is 1. The minimum absolute atomic E-state index is 0.0528. The molecular formula is C18H18N4O4. The van der Waals surface area contributed by atoms with Crippen LogP contribution in [0.4, 0.5) is 5.69 Å².